The van der Waals surface area contributed by atoms with Gasteiger partial charge in [-0.3, -0.25) is 0 Å². The molecule has 2 atom stereocenters. The zero-order valence-corrected chi connectivity index (χ0v) is 10.2. The van der Waals surface area contributed by atoms with Crippen molar-refractivity contribution in [3.05, 3.63) is 11.7 Å². The number of nitrogens with one attached hydrogen (secondary N) is 1. The summed E-state index contributed by atoms with van der Waals surface area (Å²) in [6, 6.07) is 0.560. The Morgan fingerprint density at radius 3 is 3.12 bits per heavy atom. The number of piperidine rings is 1. The number of hydrogen-bond acceptors (Lipinski definition) is 4. The SMILES string of the molecule is CCCCc1noc(C2CCNC(C)C2)n1. The molecule has 1 aliphatic rings. The maximum Gasteiger partial charge on any atom is 0.229 e. The Bertz CT molecular complexity index is 324. The molecule has 0 spiro atoms. The van der Waals surface area contributed by atoms with Crippen molar-refractivity contribution in [3.8, 4) is 0 Å². The van der Waals surface area contributed by atoms with Crippen LogP contribution in [0.2, 0.25) is 0 Å². The molecule has 90 valence electrons. The zero-order valence-electron chi connectivity index (χ0n) is 10.2. The van der Waals surface area contributed by atoms with Crippen molar-refractivity contribution < 1.29 is 4.52 Å². The van der Waals surface area contributed by atoms with Gasteiger partial charge in [0, 0.05) is 18.4 Å². The van der Waals surface area contributed by atoms with Crippen molar-refractivity contribution in [1.29, 1.82) is 0 Å². The van der Waals surface area contributed by atoms with E-state index < -0.39 is 0 Å². The number of unbranched alkanes of at least 4 members (excludes halogenated alkanes) is 1. The van der Waals surface area contributed by atoms with E-state index in [2.05, 4.69) is 29.3 Å². The summed E-state index contributed by atoms with van der Waals surface area (Å²) < 4.78 is 5.36. The van der Waals surface area contributed by atoms with Gasteiger partial charge in [-0.15, -0.1) is 0 Å². The standard InChI is InChI=1S/C12H21N3O/c1-3-4-5-11-14-12(16-15-11)10-6-7-13-9(2)8-10/h9-10,13H,3-8H2,1-2H3. The Morgan fingerprint density at radius 1 is 1.50 bits per heavy atom. The van der Waals surface area contributed by atoms with E-state index in [1.165, 1.54) is 6.42 Å². The Kier molecular flexibility index (Phi) is 3.93. The predicted molar refractivity (Wildman–Crippen MR) is 62.3 cm³/mol. The summed E-state index contributed by atoms with van der Waals surface area (Å²) in [6.45, 7) is 5.44. The lowest BCUT2D eigenvalue weighted by Crippen LogP contribution is -2.34. The van der Waals surface area contributed by atoms with Crippen LogP contribution in [0.3, 0.4) is 0 Å². The molecule has 1 aromatic rings. The maximum absolute atomic E-state index is 5.36. The Morgan fingerprint density at radius 2 is 2.38 bits per heavy atom. The van der Waals surface area contributed by atoms with E-state index in [0.717, 1.165) is 43.9 Å². The second-order valence-corrected chi connectivity index (χ2v) is 4.73. The molecule has 1 N–H and O–H groups in total. The maximum atomic E-state index is 5.36. The summed E-state index contributed by atoms with van der Waals surface area (Å²) in [7, 11) is 0. The summed E-state index contributed by atoms with van der Waals surface area (Å²) in [5, 5.41) is 7.48. The van der Waals surface area contributed by atoms with Crippen LogP contribution in [0.5, 0.6) is 0 Å². The highest BCUT2D eigenvalue weighted by Gasteiger charge is 2.24. The van der Waals surface area contributed by atoms with E-state index in [-0.39, 0.29) is 0 Å². The van der Waals surface area contributed by atoms with Crippen molar-refractivity contribution in [1.82, 2.24) is 15.5 Å². The molecule has 16 heavy (non-hydrogen) atoms. The monoisotopic (exact) mass is 223 g/mol. The van der Waals surface area contributed by atoms with Crippen LogP contribution in [-0.4, -0.2) is 22.7 Å². The zero-order chi connectivity index (χ0) is 11.4. The molecule has 0 saturated carbocycles. The van der Waals surface area contributed by atoms with Gasteiger partial charge in [0.25, 0.3) is 0 Å². The lowest BCUT2D eigenvalue weighted by molar-refractivity contribution is 0.294. The Balaban J connectivity index is 1.95. The smallest absolute Gasteiger partial charge is 0.229 e. The third-order valence-corrected chi connectivity index (χ3v) is 3.21. The van der Waals surface area contributed by atoms with Gasteiger partial charge >= 0.3 is 0 Å². The summed E-state index contributed by atoms with van der Waals surface area (Å²) in [6.07, 6.45) is 5.48. The fourth-order valence-electron chi connectivity index (χ4n) is 2.23. The van der Waals surface area contributed by atoms with Gasteiger partial charge in [-0.1, -0.05) is 18.5 Å². The van der Waals surface area contributed by atoms with Crippen LogP contribution < -0.4 is 5.32 Å². The highest BCUT2D eigenvalue weighted by atomic mass is 16.5. The van der Waals surface area contributed by atoms with Gasteiger partial charge in [-0.05, 0) is 32.7 Å². The Labute approximate surface area is 96.8 Å². The van der Waals surface area contributed by atoms with Crippen molar-refractivity contribution >= 4 is 0 Å². The third kappa shape index (κ3) is 2.82. The van der Waals surface area contributed by atoms with Crippen LogP contribution >= 0.6 is 0 Å². The van der Waals surface area contributed by atoms with E-state index in [1.54, 1.807) is 0 Å². The third-order valence-electron chi connectivity index (χ3n) is 3.21. The summed E-state index contributed by atoms with van der Waals surface area (Å²) in [5.74, 6) is 2.18. The predicted octanol–water partition coefficient (Wildman–Crippen LogP) is 2.27. The van der Waals surface area contributed by atoms with E-state index >= 15 is 0 Å². The first kappa shape index (κ1) is 11.6. The molecule has 2 rings (SSSR count). The summed E-state index contributed by atoms with van der Waals surface area (Å²) in [4.78, 5) is 4.50. The molecule has 0 bridgehead atoms. The van der Waals surface area contributed by atoms with Crippen LogP contribution in [0.1, 0.15) is 57.2 Å². The fourth-order valence-corrected chi connectivity index (χ4v) is 2.23. The van der Waals surface area contributed by atoms with E-state index in [9.17, 15) is 0 Å². The first-order chi connectivity index (χ1) is 7.79. The van der Waals surface area contributed by atoms with Gasteiger partial charge in [-0.2, -0.15) is 4.98 Å². The molecule has 0 amide bonds. The second kappa shape index (κ2) is 5.43. The molecule has 0 aromatic carbocycles. The van der Waals surface area contributed by atoms with Crippen molar-refractivity contribution in [3.63, 3.8) is 0 Å². The molecule has 4 nitrogen and oxygen atoms in total. The highest BCUT2D eigenvalue weighted by molar-refractivity contribution is 4.97. The molecule has 0 radical (unpaired) electrons. The van der Waals surface area contributed by atoms with Crippen molar-refractivity contribution in [2.45, 2.75) is 57.9 Å². The lowest BCUT2D eigenvalue weighted by Gasteiger charge is -2.25. The quantitative estimate of drug-likeness (QED) is 0.850. The Hall–Kier alpha value is -0.900. The number of rotatable bonds is 4. The van der Waals surface area contributed by atoms with E-state index in [0.29, 0.717) is 12.0 Å². The minimum Gasteiger partial charge on any atom is -0.339 e. The van der Waals surface area contributed by atoms with Gasteiger partial charge in [0.2, 0.25) is 5.89 Å². The van der Waals surface area contributed by atoms with Gasteiger partial charge in [0.05, 0.1) is 0 Å². The number of aryl methyl sites for hydroxylation is 1. The van der Waals surface area contributed by atoms with Crippen molar-refractivity contribution in [2.75, 3.05) is 6.54 Å². The number of hydrogen-bond donors (Lipinski definition) is 1. The molecule has 1 saturated heterocycles. The molecule has 1 aliphatic heterocycles. The molecule has 0 aliphatic carbocycles. The van der Waals surface area contributed by atoms with Gasteiger partial charge < -0.3 is 9.84 Å². The highest BCUT2D eigenvalue weighted by Crippen LogP contribution is 2.26. The number of aromatic nitrogens is 2. The van der Waals surface area contributed by atoms with Crippen LogP contribution in [-0.2, 0) is 6.42 Å². The molecular weight excluding hydrogens is 202 g/mol. The largest absolute Gasteiger partial charge is 0.339 e. The van der Waals surface area contributed by atoms with Crippen molar-refractivity contribution in [2.24, 2.45) is 0 Å². The molecule has 2 heterocycles. The first-order valence-electron chi connectivity index (χ1n) is 6.35. The normalized spacial score (nSPS) is 25.9. The van der Waals surface area contributed by atoms with Crippen LogP contribution in [0.4, 0.5) is 0 Å². The van der Waals surface area contributed by atoms with Gasteiger partial charge in [-0.25, -0.2) is 0 Å². The van der Waals surface area contributed by atoms with E-state index in [1.807, 2.05) is 0 Å². The average Bonchev–Trinajstić information content (AvgIpc) is 2.75. The minimum absolute atomic E-state index is 0.458. The summed E-state index contributed by atoms with van der Waals surface area (Å²) in [5.41, 5.74) is 0. The second-order valence-electron chi connectivity index (χ2n) is 4.73. The molecule has 4 heteroatoms. The fraction of sp³-hybridized carbons (Fsp3) is 0.833. The summed E-state index contributed by atoms with van der Waals surface area (Å²) >= 11 is 0. The molecule has 2 unspecified atom stereocenters. The minimum atomic E-state index is 0.458. The molecular formula is C12H21N3O. The average molecular weight is 223 g/mol. The van der Waals surface area contributed by atoms with Crippen LogP contribution in [0.15, 0.2) is 4.52 Å². The molecule has 1 aromatic heterocycles. The van der Waals surface area contributed by atoms with E-state index in [4.69, 9.17) is 4.52 Å². The lowest BCUT2D eigenvalue weighted by atomic mass is 9.93. The first-order valence-corrected chi connectivity index (χ1v) is 6.35. The number of nitrogens with zero attached hydrogens (tertiary/aromatic N) is 2. The molecule has 1 fully saturated rings. The van der Waals surface area contributed by atoms with Gasteiger partial charge in [0.15, 0.2) is 5.82 Å². The van der Waals surface area contributed by atoms with Crippen LogP contribution in [0, 0.1) is 0 Å². The van der Waals surface area contributed by atoms with Crippen LogP contribution in [0.25, 0.3) is 0 Å². The van der Waals surface area contributed by atoms with Gasteiger partial charge in [0.1, 0.15) is 0 Å². The topological polar surface area (TPSA) is 51.0 Å².